The summed E-state index contributed by atoms with van der Waals surface area (Å²) < 4.78 is 63.4. The molecule has 2 amide bonds. The molecule has 0 aliphatic carbocycles. The van der Waals surface area contributed by atoms with E-state index in [4.69, 9.17) is 20.1 Å². The van der Waals surface area contributed by atoms with Crippen molar-refractivity contribution < 1.29 is 70.6 Å². The van der Waals surface area contributed by atoms with Gasteiger partial charge in [-0.05, 0) is 95.5 Å². The molecule has 2 aromatic heterocycles. The summed E-state index contributed by atoms with van der Waals surface area (Å²) in [7, 11) is -15.6. The van der Waals surface area contributed by atoms with Crippen LogP contribution in [0, 0.1) is 11.8 Å². The summed E-state index contributed by atoms with van der Waals surface area (Å²) in [5.74, 6) is 6.86. The SMILES string of the molecule is CCN1c2cc3c(cc2C(C)CC1(C)C)C(c1ccccc1C(=O)N(C)CCCC(=O)NCC#Cc1cn([C@H]2C[C@H](O)[C@@H](COP(=O)(O)OP(=O)(O)OP(=O)([O-])O)O2)c2nc(N)[nH]c(=O)c12)=c1cc2c(cc1O3)=[N+](CC)C(C)(C)CC2C. The van der Waals surface area contributed by atoms with Crippen molar-refractivity contribution in [2.45, 2.75) is 129 Å². The number of anilines is 2. The lowest BCUT2D eigenvalue weighted by molar-refractivity contribution is -0.212. The number of carbonyl (C=O) groups is 2. The molecular weight excluding hydrogens is 1120 g/mol. The molecule has 1 saturated heterocycles. The number of ether oxygens (including phenoxy) is 2. The Hall–Kier alpha value is -6.02. The molecule has 0 saturated carbocycles. The molecule has 82 heavy (non-hydrogen) atoms. The quantitative estimate of drug-likeness (QED) is 0.0361. The molecule has 6 heterocycles. The number of nitrogens with zero attached hydrogens (tertiary/aromatic N) is 5. The number of phosphoric acid groups is 3. The van der Waals surface area contributed by atoms with Crippen LogP contribution < -0.4 is 46.3 Å². The fraction of sp³-hybridized carbons (Fsp3) is 0.473. The van der Waals surface area contributed by atoms with Gasteiger partial charge in [0.15, 0.2) is 11.2 Å². The monoisotopic (exact) mass is 1190 g/mol. The van der Waals surface area contributed by atoms with Gasteiger partial charge in [-0.25, -0.2) is 18.0 Å². The van der Waals surface area contributed by atoms with Crippen LogP contribution >= 0.6 is 23.5 Å². The first-order chi connectivity index (χ1) is 38.4. The Morgan fingerprint density at radius 3 is 2.43 bits per heavy atom. The van der Waals surface area contributed by atoms with Crippen LogP contribution in [0.4, 0.5) is 11.6 Å². The van der Waals surface area contributed by atoms with E-state index in [2.05, 4.69) is 129 Å². The van der Waals surface area contributed by atoms with Crippen molar-refractivity contribution in [2.24, 2.45) is 0 Å². The number of hydrogen-bond acceptors (Lipinski definition) is 16. The van der Waals surface area contributed by atoms with Crippen molar-refractivity contribution in [3.05, 3.63) is 109 Å². The predicted octanol–water partition coefficient (Wildman–Crippen LogP) is 4.95. The zero-order chi connectivity index (χ0) is 59.6. The van der Waals surface area contributed by atoms with Crippen molar-refractivity contribution in [2.75, 3.05) is 50.5 Å². The maximum absolute atomic E-state index is 14.7. The Bertz CT molecular complexity index is 3810. The number of aliphatic hydroxyl groups is 1. The van der Waals surface area contributed by atoms with Crippen LogP contribution in [0.15, 0.2) is 59.5 Å². The Labute approximate surface area is 473 Å². The number of rotatable bonds is 17. The zero-order valence-electron chi connectivity index (χ0n) is 47.0. The third kappa shape index (κ3) is 12.4. The van der Waals surface area contributed by atoms with E-state index in [-0.39, 0.29) is 83.2 Å². The molecule has 3 aromatic carbocycles. The maximum Gasteiger partial charge on any atom is 0.487 e. The van der Waals surface area contributed by atoms with Crippen molar-refractivity contribution in [1.82, 2.24) is 29.3 Å². The summed E-state index contributed by atoms with van der Waals surface area (Å²) in [6.07, 6.45) is -0.404. The van der Waals surface area contributed by atoms with Gasteiger partial charge >= 0.3 is 15.6 Å². The minimum absolute atomic E-state index is 0.0159. The van der Waals surface area contributed by atoms with E-state index in [1.165, 1.54) is 21.9 Å². The van der Waals surface area contributed by atoms with Crippen LogP contribution in [0.1, 0.15) is 144 Å². The van der Waals surface area contributed by atoms with E-state index in [0.29, 0.717) is 12.0 Å². The number of nitrogens with one attached hydrogen (secondary N) is 2. The molecule has 440 valence electrons. The Kier molecular flexibility index (Phi) is 16.9. The Morgan fingerprint density at radius 2 is 1.72 bits per heavy atom. The number of aromatic amines is 1. The molecule has 0 bridgehead atoms. The van der Waals surface area contributed by atoms with Gasteiger partial charge in [-0.1, -0.05) is 43.9 Å². The predicted molar refractivity (Wildman–Crippen MR) is 302 cm³/mol. The third-order valence-electron chi connectivity index (χ3n) is 15.7. The second-order valence-corrected chi connectivity index (χ2v) is 26.8. The highest BCUT2D eigenvalue weighted by Gasteiger charge is 2.44. The summed E-state index contributed by atoms with van der Waals surface area (Å²) >= 11 is 0. The Morgan fingerprint density at radius 1 is 1.00 bits per heavy atom. The number of nitrogen functional groups attached to an aromatic ring is 1. The number of nitrogens with two attached hydrogens (primary N) is 1. The number of H-pyrrole nitrogens is 1. The molecule has 8 atom stereocenters. The number of amides is 2. The molecule has 0 spiro atoms. The lowest BCUT2D eigenvalue weighted by Crippen LogP contribution is -2.52. The molecule has 4 aliphatic heterocycles. The van der Waals surface area contributed by atoms with E-state index in [1.54, 1.807) is 11.9 Å². The average Bonchev–Trinajstić information content (AvgIpc) is 1.33. The second kappa shape index (κ2) is 22.9. The van der Waals surface area contributed by atoms with E-state index in [0.717, 1.165) is 70.4 Å². The minimum atomic E-state index is -5.88. The first kappa shape index (κ1) is 60.6. The molecule has 24 nitrogen and oxygen atoms in total. The van der Waals surface area contributed by atoms with Crippen LogP contribution in [-0.2, 0) is 36.4 Å². The lowest BCUT2D eigenvalue weighted by atomic mass is 9.77. The van der Waals surface area contributed by atoms with Crippen LogP contribution in [-0.4, -0.2) is 114 Å². The summed E-state index contributed by atoms with van der Waals surface area (Å²) in [4.78, 5) is 90.7. The van der Waals surface area contributed by atoms with Gasteiger partial charge in [-0.2, -0.15) is 9.29 Å². The number of hydrogen-bond donors (Lipinski definition) is 7. The number of benzene rings is 3. The number of aromatic nitrogens is 3. The standard InChI is InChI=1S/C55H69N8O16P3/c1-10-62-40-24-43-38(22-36(40)31(3)27-54(62,5)6)49(39-23-37-32(4)28-55(7,8)63(11-2)41(37)25-44(39)76-43)34-17-12-13-18-35(34)52(67)60(9)21-15-19-46(65)57-20-14-16-33-29-61(50-48(33)51(66)59-53(56)58-50)47-26-42(64)45(77-47)30-75-81(71,72)79-82(73,74)78-80(68,69)70/h12-13,17-18,22-25,29,31-32,42,45,47,64H,10-11,15,19-21,26-28,30H2,1-9H3,(H7-,56,57,58,59,65,66,68,69,70,71,72,73,74)/t31?,32?,42-,45+,47+/m0/s1. The first-order valence-corrected chi connectivity index (χ1v) is 31.5. The van der Waals surface area contributed by atoms with Gasteiger partial charge in [-0.15, -0.1) is 0 Å². The topological polar surface area (TPSA) is 334 Å². The van der Waals surface area contributed by atoms with Crippen molar-refractivity contribution in [3.63, 3.8) is 0 Å². The smallest absolute Gasteiger partial charge is 0.487 e. The van der Waals surface area contributed by atoms with Crippen LogP contribution in [0.2, 0.25) is 0 Å². The lowest BCUT2D eigenvalue weighted by Gasteiger charge is -2.47. The van der Waals surface area contributed by atoms with Crippen LogP contribution in [0.5, 0.6) is 11.5 Å². The summed E-state index contributed by atoms with van der Waals surface area (Å²) in [5, 5.41) is 15.6. The molecule has 9 rings (SSSR count). The highest BCUT2D eigenvalue weighted by molar-refractivity contribution is 7.66. The molecule has 5 aromatic rings. The van der Waals surface area contributed by atoms with E-state index < -0.39 is 54.1 Å². The minimum Gasteiger partial charge on any atom is -0.756 e. The molecule has 8 N–H and O–H groups in total. The van der Waals surface area contributed by atoms with Crippen LogP contribution in [0.25, 0.3) is 16.6 Å². The van der Waals surface area contributed by atoms with Gasteiger partial charge in [0, 0.05) is 90.4 Å². The number of phosphoric ester groups is 1. The van der Waals surface area contributed by atoms with E-state index in [1.807, 2.05) is 24.3 Å². The third-order valence-corrected chi connectivity index (χ3v) is 19.4. The molecule has 27 heteroatoms. The normalized spacial score (nSPS) is 22.7. The molecule has 4 aliphatic rings. The summed E-state index contributed by atoms with van der Waals surface area (Å²) in [6, 6.07) is 16.6. The number of fused-ring (bicyclic) bond motifs is 5. The molecule has 0 radical (unpaired) electrons. The highest BCUT2D eigenvalue weighted by atomic mass is 31.3. The number of aliphatic hydroxyl groups excluding tert-OH is 1. The van der Waals surface area contributed by atoms with Crippen LogP contribution in [0.3, 0.4) is 0 Å². The molecular formula is C55H69N8O16P3. The van der Waals surface area contributed by atoms with Crippen molar-refractivity contribution >= 4 is 63.5 Å². The van der Waals surface area contributed by atoms with Gasteiger partial charge in [0.25, 0.3) is 19.3 Å². The maximum atomic E-state index is 14.7. The van der Waals surface area contributed by atoms with Gasteiger partial charge in [0.2, 0.25) is 17.2 Å². The largest absolute Gasteiger partial charge is 0.756 e. The van der Waals surface area contributed by atoms with E-state index >= 15 is 0 Å². The average molecular weight is 1190 g/mol. The second-order valence-electron chi connectivity index (χ2n) is 22.5. The fourth-order valence-corrected chi connectivity index (χ4v) is 15.4. The Balaban J connectivity index is 0.900. The van der Waals surface area contributed by atoms with E-state index in [9.17, 15) is 47.9 Å². The van der Waals surface area contributed by atoms with Gasteiger partial charge in [0.05, 0.1) is 36.3 Å². The fourth-order valence-electron chi connectivity index (χ4n) is 12.4. The first-order valence-electron chi connectivity index (χ1n) is 27.0. The zero-order valence-corrected chi connectivity index (χ0v) is 49.7. The van der Waals surface area contributed by atoms with Gasteiger partial charge < -0.3 is 59.6 Å². The van der Waals surface area contributed by atoms with Gasteiger partial charge in [-0.3, -0.25) is 28.5 Å². The number of carbonyl (C=O) groups excluding carboxylic acids is 2. The van der Waals surface area contributed by atoms with Crippen molar-refractivity contribution in [3.8, 4) is 23.3 Å². The summed E-state index contributed by atoms with van der Waals surface area (Å²) in [5.41, 5.74) is 12.0. The van der Waals surface area contributed by atoms with Crippen molar-refractivity contribution in [1.29, 1.82) is 0 Å². The summed E-state index contributed by atoms with van der Waals surface area (Å²) in [6.45, 7) is 18.9. The molecule has 5 unspecified atom stereocenters. The highest BCUT2D eigenvalue weighted by Crippen LogP contribution is 2.65. The van der Waals surface area contributed by atoms with Gasteiger partial charge in [0.1, 0.15) is 30.4 Å². The molecule has 1 fully saturated rings.